The second-order valence-corrected chi connectivity index (χ2v) is 4.17. The molecule has 0 aliphatic heterocycles. The zero-order valence-electron chi connectivity index (χ0n) is 12.3. The summed E-state index contributed by atoms with van der Waals surface area (Å²) in [6.45, 7) is 2.29. The standard InChI is InChI=1S/C14H19NO6/c1-4-5-21-8-12(16)15-10-6-9(14(17)18)7-11(19-2)13(10)20-3/h6-7H,4-5,8H2,1-3H3,(H,15,16)(H,17,18). The Morgan fingerprint density at radius 3 is 2.48 bits per heavy atom. The number of carboxylic acids is 1. The minimum absolute atomic E-state index is 0.0163. The van der Waals surface area contributed by atoms with Crippen molar-refractivity contribution in [3.63, 3.8) is 0 Å². The maximum Gasteiger partial charge on any atom is 0.335 e. The molecular weight excluding hydrogens is 278 g/mol. The molecule has 1 rings (SSSR count). The minimum Gasteiger partial charge on any atom is -0.493 e. The van der Waals surface area contributed by atoms with Gasteiger partial charge in [-0.3, -0.25) is 4.79 Å². The van der Waals surface area contributed by atoms with Crippen LogP contribution in [0, 0.1) is 0 Å². The van der Waals surface area contributed by atoms with Gasteiger partial charge in [-0.2, -0.15) is 0 Å². The van der Waals surface area contributed by atoms with Crippen LogP contribution in [-0.2, 0) is 9.53 Å². The van der Waals surface area contributed by atoms with Gasteiger partial charge in [-0.25, -0.2) is 4.79 Å². The number of aromatic carboxylic acids is 1. The fourth-order valence-corrected chi connectivity index (χ4v) is 1.68. The number of hydrogen-bond acceptors (Lipinski definition) is 5. The van der Waals surface area contributed by atoms with Gasteiger partial charge in [0.15, 0.2) is 11.5 Å². The Kier molecular flexibility index (Phi) is 6.48. The number of nitrogens with one attached hydrogen (secondary N) is 1. The first-order valence-electron chi connectivity index (χ1n) is 6.40. The van der Waals surface area contributed by atoms with Gasteiger partial charge in [0.1, 0.15) is 6.61 Å². The van der Waals surface area contributed by atoms with Crippen LogP contribution in [0.2, 0.25) is 0 Å². The van der Waals surface area contributed by atoms with Crippen LogP contribution in [0.3, 0.4) is 0 Å². The molecule has 7 nitrogen and oxygen atoms in total. The number of carbonyl (C=O) groups excluding carboxylic acids is 1. The lowest BCUT2D eigenvalue weighted by Crippen LogP contribution is -2.19. The lowest BCUT2D eigenvalue weighted by molar-refractivity contribution is -0.120. The summed E-state index contributed by atoms with van der Waals surface area (Å²) in [6, 6.07) is 2.63. The summed E-state index contributed by atoms with van der Waals surface area (Å²) < 4.78 is 15.4. The molecule has 1 aromatic rings. The van der Waals surface area contributed by atoms with Crippen LogP contribution >= 0.6 is 0 Å². The average molecular weight is 297 g/mol. The van der Waals surface area contributed by atoms with Crippen molar-refractivity contribution in [3.8, 4) is 11.5 Å². The Balaban J connectivity index is 3.00. The van der Waals surface area contributed by atoms with Crippen molar-refractivity contribution in [1.82, 2.24) is 0 Å². The fraction of sp³-hybridized carbons (Fsp3) is 0.429. The van der Waals surface area contributed by atoms with Gasteiger partial charge in [-0.05, 0) is 18.6 Å². The van der Waals surface area contributed by atoms with E-state index in [0.717, 1.165) is 6.42 Å². The van der Waals surface area contributed by atoms with Crippen molar-refractivity contribution >= 4 is 17.6 Å². The number of ether oxygens (including phenoxy) is 3. The van der Waals surface area contributed by atoms with Crippen LogP contribution in [0.5, 0.6) is 11.5 Å². The van der Waals surface area contributed by atoms with Gasteiger partial charge >= 0.3 is 5.97 Å². The summed E-state index contributed by atoms with van der Waals surface area (Å²) in [5.41, 5.74) is 0.205. The van der Waals surface area contributed by atoms with Crippen molar-refractivity contribution in [1.29, 1.82) is 0 Å². The first-order valence-corrected chi connectivity index (χ1v) is 6.40. The second kappa shape index (κ2) is 8.11. The summed E-state index contributed by atoms with van der Waals surface area (Å²) >= 11 is 0. The Morgan fingerprint density at radius 1 is 1.24 bits per heavy atom. The molecule has 1 aromatic carbocycles. The highest BCUT2D eigenvalue weighted by molar-refractivity contribution is 5.97. The topological polar surface area (TPSA) is 94.1 Å². The highest BCUT2D eigenvalue weighted by Gasteiger charge is 2.17. The molecule has 0 aliphatic rings. The molecular formula is C14H19NO6. The second-order valence-electron chi connectivity index (χ2n) is 4.17. The Labute approximate surface area is 122 Å². The number of methoxy groups -OCH3 is 2. The summed E-state index contributed by atoms with van der Waals surface area (Å²) in [5, 5.41) is 11.6. The van der Waals surface area contributed by atoms with E-state index in [9.17, 15) is 9.59 Å². The number of amides is 1. The Bertz CT molecular complexity index is 514. The summed E-state index contributed by atoms with van der Waals surface area (Å²) in [6.07, 6.45) is 0.804. The van der Waals surface area contributed by atoms with Crippen molar-refractivity contribution in [2.75, 3.05) is 32.8 Å². The number of rotatable bonds is 8. The fourth-order valence-electron chi connectivity index (χ4n) is 1.68. The largest absolute Gasteiger partial charge is 0.493 e. The molecule has 0 fully saturated rings. The third-order valence-electron chi connectivity index (χ3n) is 2.58. The molecule has 2 N–H and O–H groups in total. The molecule has 1 amide bonds. The van der Waals surface area contributed by atoms with E-state index in [0.29, 0.717) is 6.61 Å². The van der Waals surface area contributed by atoms with E-state index < -0.39 is 11.9 Å². The zero-order valence-corrected chi connectivity index (χ0v) is 12.3. The van der Waals surface area contributed by atoms with Crippen molar-refractivity contribution in [2.45, 2.75) is 13.3 Å². The lowest BCUT2D eigenvalue weighted by atomic mass is 10.1. The normalized spacial score (nSPS) is 10.0. The highest BCUT2D eigenvalue weighted by atomic mass is 16.5. The molecule has 0 spiro atoms. The predicted molar refractivity (Wildman–Crippen MR) is 76.2 cm³/mol. The lowest BCUT2D eigenvalue weighted by Gasteiger charge is -2.14. The van der Waals surface area contributed by atoms with Gasteiger partial charge in [-0.15, -0.1) is 0 Å². The molecule has 0 aliphatic carbocycles. The minimum atomic E-state index is -1.13. The van der Waals surface area contributed by atoms with Crippen molar-refractivity contribution in [3.05, 3.63) is 17.7 Å². The summed E-state index contributed by atoms with van der Waals surface area (Å²) in [4.78, 5) is 22.8. The summed E-state index contributed by atoms with van der Waals surface area (Å²) in [7, 11) is 2.79. The molecule has 0 bridgehead atoms. The smallest absolute Gasteiger partial charge is 0.335 e. The number of hydrogen-bond donors (Lipinski definition) is 2. The van der Waals surface area contributed by atoms with Crippen molar-refractivity contribution in [2.24, 2.45) is 0 Å². The SMILES string of the molecule is CCCOCC(=O)Nc1cc(C(=O)O)cc(OC)c1OC. The predicted octanol–water partition coefficient (Wildman–Crippen LogP) is 1.77. The molecule has 0 saturated heterocycles. The van der Waals surface area contributed by atoms with E-state index in [1.165, 1.54) is 26.4 Å². The van der Waals surface area contributed by atoms with E-state index in [1.807, 2.05) is 6.92 Å². The van der Waals surface area contributed by atoms with Crippen molar-refractivity contribution < 1.29 is 28.9 Å². The van der Waals surface area contributed by atoms with Crippen LogP contribution < -0.4 is 14.8 Å². The van der Waals surface area contributed by atoms with Crippen LogP contribution in [0.25, 0.3) is 0 Å². The number of carboxylic acid groups (broad SMARTS) is 1. The van der Waals surface area contributed by atoms with Gasteiger partial charge in [0.2, 0.25) is 5.91 Å². The number of anilines is 1. The van der Waals surface area contributed by atoms with E-state index in [1.54, 1.807) is 0 Å². The van der Waals surface area contributed by atoms with Crippen LogP contribution in [0.1, 0.15) is 23.7 Å². The Hall–Kier alpha value is -2.28. The average Bonchev–Trinajstić information content (AvgIpc) is 2.46. The third kappa shape index (κ3) is 4.64. The van der Waals surface area contributed by atoms with Gasteiger partial charge in [0.25, 0.3) is 0 Å². The number of carbonyl (C=O) groups is 2. The molecule has 0 unspecified atom stereocenters. The van der Waals surface area contributed by atoms with Gasteiger partial charge < -0.3 is 24.6 Å². The highest BCUT2D eigenvalue weighted by Crippen LogP contribution is 2.36. The van der Waals surface area contributed by atoms with E-state index >= 15 is 0 Å². The molecule has 116 valence electrons. The molecule has 7 heteroatoms. The molecule has 0 heterocycles. The molecule has 0 aromatic heterocycles. The molecule has 0 saturated carbocycles. The zero-order chi connectivity index (χ0) is 15.8. The first-order chi connectivity index (χ1) is 10.0. The van der Waals surface area contributed by atoms with Gasteiger partial charge in [0.05, 0.1) is 25.5 Å². The van der Waals surface area contributed by atoms with E-state index in [4.69, 9.17) is 19.3 Å². The third-order valence-corrected chi connectivity index (χ3v) is 2.58. The first kappa shape index (κ1) is 16.8. The van der Waals surface area contributed by atoms with Gasteiger partial charge in [-0.1, -0.05) is 6.92 Å². The van der Waals surface area contributed by atoms with Gasteiger partial charge in [0, 0.05) is 6.61 Å². The molecule has 0 atom stereocenters. The van der Waals surface area contributed by atoms with E-state index in [-0.39, 0.29) is 29.4 Å². The van der Waals surface area contributed by atoms with Crippen LogP contribution in [0.4, 0.5) is 5.69 Å². The van der Waals surface area contributed by atoms with E-state index in [2.05, 4.69) is 5.32 Å². The maximum atomic E-state index is 11.8. The Morgan fingerprint density at radius 2 is 1.95 bits per heavy atom. The maximum absolute atomic E-state index is 11.8. The van der Waals surface area contributed by atoms with Crippen LogP contribution in [-0.4, -0.2) is 44.4 Å². The summed E-state index contributed by atoms with van der Waals surface area (Å²) in [5.74, 6) is -1.05. The monoisotopic (exact) mass is 297 g/mol. The molecule has 0 radical (unpaired) electrons. The quantitative estimate of drug-likeness (QED) is 0.710. The van der Waals surface area contributed by atoms with Crippen LogP contribution in [0.15, 0.2) is 12.1 Å². The molecule has 21 heavy (non-hydrogen) atoms. The number of benzene rings is 1.